The smallest absolute Gasteiger partial charge is 0.303 e. The summed E-state index contributed by atoms with van der Waals surface area (Å²) in [6, 6.07) is 9.34. The van der Waals surface area contributed by atoms with Gasteiger partial charge in [0.05, 0.1) is 12.0 Å². The van der Waals surface area contributed by atoms with Gasteiger partial charge in [0.2, 0.25) is 11.8 Å². The van der Waals surface area contributed by atoms with Crippen LogP contribution in [0.15, 0.2) is 30.3 Å². The third-order valence-corrected chi connectivity index (χ3v) is 5.46. The number of carboxylic acid groups (broad SMARTS) is 1. The molecule has 1 heterocycles. The number of hydrogen-bond donors (Lipinski definition) is 2. The van der Waals surface area contributed by atoms with Gasteiger partial charge in [0.1, 0.15) is 0 Å². The average molecular weight is 358 g/mol. The van der Waals surface area contributed by atoms with E-state index in [9.17, 15) is 14.4 Å². The molecule has 6 heteroatoms. The second-order valence-corrected chi connectivity index (χ2v) is 7.29. The van der Waals surface area contributed by atoms with Crippen LogP contribution in [-0.2, 0) is 14.4 Å². The summed E-state index contributed by atoms with van der Waals surface area (Å²) in [5.74, 6) is -1.32. The first-order valence-corrected chi connectivity index (χ1v) is 9.41. The number of benzene rings is 1. The van der Waals surface area contributed by atoms with Crippen molar-refractivity contribution in [2.24, 2.45) is 5.92 Å². The van der Waals surface area contributed by atoms with Gasteiger partial charge >= 0.3 is 5.97 Å². The van der Waals surface area contributed by atoms with Crippen molar-refractivity contribution >= 4 is 17.8 Å². The lowest BCUT2D eigenvalue weighted by Gasteiger charge is -2.24. The predicted octanol–water partition coefficient (Wildman–Crippen LogP) is 2.50. The largest absolute Gasteiger partial charge is 0.481 e. The number of carbonyl (C=O) groups is 3. The summed E-state index contributed by atoms with van der Waals surface area (Å²) >= 11 is 0. The van der Waals surface area contributed by atoms with Gasteiger partial charge in [-0.2, -0.15) is 0 Å². The van der Waals surface area contributed by atoms with E-state index in [0.717, 1.165) is 31.2 Å². The minimum Gasteiger partial charge on any atom is -0.481 e. The van der Waals surface area contributed by atoms with Crippen LogP contribution in [0.3, 0.4) is 0 Å². The molecule has 1 saturated heterocycles. The number of carbonyl (C=O) groups excluding carboxylic acids is 2. The molecule has 1 aromatic carbocycles. The predicted molar refractivity (Wildman–Crippen MR) is 96.3 cm³/mol. The molecular weight excluding hydrogens is 332 g/mol. The van der Waals surface area contributed by atoms with Gasteiger partial charge < -0.3 is 15.3 Å². The van der Waals surface area contributed by atoms with Crippen molar-refractivity contribution < 1.29 is 19.5 Å². The summed E-state index contributed by atoms with van der Waals surface area (Å²) in [6.07, 6.45) is 4.93. The van der Waals surface area contributed by atoms with Crippen molar-refractivity contribution in [1.82, 2.24) is 10.2 Å². The van der Waals surface area contributed by atoms with E-state index in [1.807, 2.05) is 35.2 Å². The molecule has 0 aromatic heterocycles. The summed E-state index contributed by atoms with van der Waals surface area (Å²) in [6.45, 7) is 0.482. The SMILES string of the molecule is O=C(O)CCC(NC(=O)C1CC(=O)N(C2CCCC2)C1)c1ccccc1. The zero-order valence-corrected chi connectivity index (χ0v) is 14.9. The van der Waals surface area contributed by atoms with E-state index in [1.165, 1.54) is 0 Å². The number of hydrogen-bond acceptors (Lipinski definition) is 3. The third kappa shape index (κ3) is 4.42. The number of amides is 2. The summed E-state index contributed by atoms with van der Waals surface area (Å²) in [5.41, 5.74) is 0.888. The van der Waals surface area contributed by atoms with Gasteiger partial charge in [0.25, 0.3) is 0 Å². The van der Waals surface area contributed by atoms with Crippen molar-refractivity contribution in [3.05, 3.63) is 35.9 Å². The zero-order chi connectivity index (χ0) is 18.5. The molecule has 1 aliphatic carbocycles. The first kappa shape index (κ1) is 18.4. The normalized spacial score (nSPS) is 21.8. The molecule has 1 saturated carbocycles. The minimum absolute atomic E-state index is 0.0162. The van der Waals surface area contributed by atoms with E-state index in [1.54, 1.807) is 0 Å². The Balaban J connectivity index is 1.63. The first-order valence-electron chi connectivity index (χ1n) is 9.41. The molecule has 0 bridgehead atoms. The Morgan fingerprint density at radius 1 is 1.19 bits per heavy atom. The Kier molecular flexibility index (Phi) is 5.91. The fourth-order valence-electron chi connectivity index (χ4n) is 4.04. The average Bonchev–Trinajstić information content (AvgIpc) is 3.28. The van der Waals surface area contributed by atoms with Crippen LogP contribution in [0, 0.1) is 5.92 Å². The van der Waals surface area contributed by atoms with Gasteiger partial charge in [0, 0.05) is 25.4 Å². The van der Waals surface area contributed by atoms with Gasteiger partial charge in [-0.1, -0.05) is 43.2 Å². The maximum absolute atomic E-state index is 12.7. The van der Waals surface area contributed by atoms with E-state index >= 15 is 0 Å². The monoisotopic (exact) mass is 358 g/mol. The molecule has 6 nitrogen and oxygen atoms in total. The highest BCUT2D eigenvalue weighted by molar-refractivity contribution is 5.89. The summed E-state index contributed by atoms with van der Waals surface area (Å²) in [5, 5.41) is 12.0. The molecule has 2 aliphatic rings. The first-order chi connectivity index (χ1) is 12.5. The topological polar surface area (TPSA) is 86.7 Å². The Morgan fingerprint density at radius 2 is 1.88 bits per heavy atom. The van der Waals surface area contributed by atoms with Crippen LogP contribution in [0.1, 0.15) is 56.6 Å². The highest BCUT2D eigenvalue weighted by atomic mass is 16.4. The number of likely N-dealkylation sites (tertiary alicyclic amines) is 1. The highest BCUT2D eigenvalue weighted by Crippen LogP contribution is 2.30. The minimum atomic E-state index is -0.886. The van der Waals surface area contributed by atoms with Crippen LogP contribution in [0.25, 0.3) is 0 Å². The van der Waals surface area contributed by atoms with Crippen molar-refractivity contribution in [1.29, 1.82) is 0 Å². The Hall–Kier alpha value is -2.37. The number of carboxylic acids is 1. The molecule has 1 aromatic rings. The molecule has 2 atom stereocenters. The second-order valence-electron chi connectivity index (χ2n) is 7.29. The lowest BCUT2D eigenvalue weighted by molar-refractivity contribution is -0.137. The number of nitrogens with zero attached hydrogens (tertiary/aromatic N) is 1. The zero-order valence-electron chi connectivity index (χ0n) is 14.9. The van der Waals surface area contributed by atoms with Gasteiger partial charge in [0.15, 0.2) is 0 Å². The molecule has 2 N–H and O–H groups in total. The molecule has 1 aliphatic heterocycles. The summed E-state index contributed by atoms with van der Waals surface area (Å²) in [4.78, 5) is 37.9. The highest BCUT2D eigenvalue weighted by Gasteiger charge is 2.39. The Labute approximate surface area is 153 Å². The fourth-order valence-corrected chi connectivity index (χ4v) is 4.04. The number of nitrogens with one attached hydrogen (secondary N) is 1. The van der Waals surface area contributed by atoms with Crippen molar-refractivity contribution in [2.45, 2.75) is 57.0 Å². The third-order valence-electron chi connectivity index (χ3n) is 5.46. The lowest BCUT2D eigenvalue weighted by Crippen LogP contribution is -2.38. The lowest BCUT2D eigenvalue weighted by atomic mass is 10.00. The molecule has 2 amide bonds. The van der Waals surface area contributed by atoms with Crippen molar-refractivity contribution in [2.75, 3.05) is 6.54 Å². The van der Waals surface area contributed by atoms with E-state index in [-0.39, 0.29) is 42.7 Å². The Bertz CT molecular complexity index is 655. The van der Waals surface area contributed by atoms with Gasteiger partial charge in [-0.25, -0.2) is 0 Å². The molecule has 0 radical (unpaired) electrons. The second kappa shape index (κ2) is 8.34. The van der Waals surface area contributed by atoms with Crippen LogP contribution >= 0.6 is 0 Å². The molecule has 2 fully saturated rings. The van der Waals surface area contributed by atoms with Crippen molar-refractivity contribution in [3.8, 4) is 0 Å². The van der Waals surface area contributed by atoms with E-state index in [0.29, 0.717) is 13.0 Å². The van der Waals surface area contributed by atoms with Crippen molar-refractivity contribution in [3.63, 3.8) is 0 Å². The maximum Gasteiger partial charge on any atom is 0.303 e. The van der Waals surface area contributed by atoms with Gasteiger partial charge in [-0.3, -0.25) is 14.4 Å². The van der Waals surface area contributed by atoms with E-state index in [2.05, 4.69) is 5.32 Å². The van der Waals surface area contributed by atoms with Crippen LogP contribution < -0.4 is 5.32 Å². The summed E-state index contributed by atoms with van der Waals surface area (Å²) < 4.78 is 0. The number of rotatable bonds is 7. The van der Waals surface area contributed by atoms with Gasteiger partial charge in [-0.05, 0) is 24.8 Å². The van der Waals surface area contributed by atoms with E-state index in [4.69, 9.17) is 5.11 Å². The van der Waals surface area contributed by atoms with Crippen LogP contribution in [-0.4, -0.2) is 40.4 Å². The summed E-state index contributed by atoms with van der Waals surface area (Å²) in [7, 11) is 0. The van der Waals surface area contributed by atoms with E-state index < -0.39 is 5.97 Å². The Morgan fingerprint density at radius 3 is 2.54 bits per heavy atom. The fraction of sp³-hybridized carbons (Fsp3) is 0.550. The van der Waals surface area contributed by atoms with Crippen LogP contribution in [0.2, 0.25) is 0 Å². The molecule has 2 unspecified atom stereocenters. The van der Waals surface area contributed by atoms with Crippen LogP contribution in [0.5, 0.6) is 0 Å². The van der Waals surface area contributed by atoms with Crippen LogP contribution in [0.4, 0.5) is 0 Å². The molecule has 3 rings (SSSR count). The molecule has 26 heavy (non-hydrogen) atoms. The maximum atomic E-state index is 12.7. The van der Waals surface area contributed by atoms with Gasteiger partial charge in [-0.15, -0.1) is 0 Å². The standard InChI is InChI=1S/C20H26N2O4/c23-18-12-15(13-22(18)16-8-4-5-9-16)20(26)21-17(10-11-19(24)25)14-6-2-1-3-7-14/h1-3,6-7,15-17H,4-5,8-13H2,(H,21,26)(H,24,25). The quantitative estimate of drug-likeness (QED) is 0.784. The molecule has 140 valence electrons. The molecule has 0 spiro atoms. The number of aliphatic carboxylic acids is 1. The molecular formula is C20H26N2O4.